The van der Waals surface area contributed by atoms with Crippen LogP contribution in [0.4, 0.5) is 0 Å². The quantitative estimate of drug-likeness (QED) is 0.123. The number of hydrogen-bond acceptors (Lipinski definition) is 12. The molecule has 5 N–H and O–H groups in total. The smallest absolute Gasteiger partial charge is 0.329 e. The maximum atomic E-state index is 14.3. The van der Waals surface area contributed by atoms with Crippen molar-refractivity contribution in [3.05, 3.63) is 47.6 Å². The van der Waals surface area contributed by atoms with Crippen LogP contribution < -0.4 is 0 Å². The van der Waals surface area contributed by atoms with Crippen molar-refractivity contribution in [3.63, 3.8) is 0 Å². The summed E-state index contributed by atoms with van der Waals surface area (Å²) in [5.41, 5.74) is 1.40. The maximum absolute atomic E-state index is 14.3. The Balaban J connectivity index is 1.69. The number of allylic oxidation sites excluding steroid dienone is 7. The van der Waals surface area contributed by atoms with Crippen molar-refractivity contribution in [1.82, 2.24) is 4.90 Å². The summed E-state index contributed by atoms with van der Waals surface area (Å²) in [6.45, 7) is 14.0. The Morgan fingerprint density at radius 2 is 1.55 bits per heavy atom. The molecule has 2 saturated heterocycles. The lowest BCUT2D eigenvalue weighted by molar-refractivity contribution is -0.264. The van der Waals surface area contributed by atoms with Crippen LogP contribution in [-0.2, 0) is 33.4 Å². The minimum absolute atomic E-state index is 0.0135. The zero-order valence-corrected chi connectivity index (χ0v) is 39.7. The summed E-state index contributed by atoms with van der Waals surface area (Å²) in [6, 6.07) is -1.14. The van der Waals surface area contributed by atoms with E-state index < -0.39 is 84.2 Å². The van der Waals surface area contributed by atoms with E-state index in [1.165, 1.54) is 4.90 Å². The van der Waals surface area contributed by atoms with Crippen molar-refractivity contribution in [3.8, 4) is 0 Å². The van der Waals surface area contributed by atoms with Crippen LogP contribution >= 0.6 is 0 Å². The Kier molecular flexibility index (Phi) is 20.4. The molecule has 0 spiro atoms. The molecule has 1 aliphatic carbocycles. The summed E-state index contributed by atoms with van der Waals surface area (Å²) in [4.78, 5) is 71.5. The number of ketones is 3. The summed E-state index contributed by atoms with van der Waals surface area (Å²) in [6.07, 6.45) is 13.3. The fourth-order valence-electron chi connectivity index (χ4n) is 10.2. The number of carbonyl (C=O) groups is 5. The van der Waals surface area contributed by atoms with E-state index in [1.807, 2.05) is 58.1 Å². The number of hydrogen-bond donors (Lipinski definition) is 5. The third kappa shape index (κ3) is 13.9. The van der Waals surface area contributed by atoms with Crippen LogP contribution in [-0.4, -0.2) is 116 Å². The van der Waals surface area contributed by atoms with Gasteiger partial charge in [0.25, 0.3) is 11.7 Å². The van der Waals surface area contributed by atoms with E-state index in [1.54, 1.807) is 33.8 Å². The second kappa shape index (κ2) is 24.4. The molecule has 3 heterocycles. The number of esters is 1. The first-order valence-corrected chi connectivity index (χ1v) is 24.0. The average Bonchev–Trinajstić information content (AvgIpc) is 3.26. The molecule has 3 fully saturated rings. The van der Waals surface area contributed by atoms with E-state index in [4.69, 9.17) is 9.47 Å². The van der Waals surface area contributed by atoms with Gasteiger partial charge >= 0.3 is 5.97 Å². The highest BCUT2D eigenvalue weighted by Gasteiger charge is 2.53. The number of aliphatic hydroxyl groups is 5. The zero-order valence-electron chi connectivity index (χ0n) is 39.7. The first kappa shape index (κ1) is 53.3. The Bertz CT molecular complexity index is 1740. The number of cyclic esters (lactones) is 1. The molecule has 0 unspecified atom stereocenters. The molecule has 1 saturated carbocycles. The van der Waals surface area contributed by atoms with Crippen LogP contribution in [0.2, 0.25) is 0 Å². The molecule has 64 heavy (non-hydrogen) atoms. The molecule has 2 bridgehead atoms. The van der Waals surface area contributed by atoms with Gasteiger partial charge in [-0.3, -0.25) is 19.2 Å². The van der Waals surface area contributed by atoms with E-state index >= 15 is 0 Å². The van der Waals surface area contributed by atoms with Gasteiger partial charge in [0.15, 0.2) is 0 Å². The number of carbonyl (C=O) groups excluding carboxylic acids is 5. The van der Waals surface area contributed by atoms with Gasteiger partial charge in [0.2, 0.25) is 5.79 Å². The Hall–Kier alpha value is -3.33. The first-order chi connectivity index (χ1) is 30.2. The second-order valence-corrected chi connectivity index (χ2v) is 20.1. The van der Waals surface area contributed by atoms with Gasteiger partial charge in [0, 0.05) is 43.2 Å². The molecule has 15 atom stereocenters. The fourth-order valence-corrected chi connectivity index (χ4v) is 10.2. The van der Waals surface area contributed by atoms with Gasteiger partial charge in [-0.1, -0.05) is 83.6 Å². The lowest BCUT2D eigenvalue weighted by atomic mass is 9.75. The van der Waals surface area contributed by atoms with Crippen molar-refractivity contribution >= 4 is 29.2 Å². The first-order valence-electron chi connectivity index (χ1n) is 24.0. The second-order valence-electron chi connectivity index (χ2n) is 20.1. The predicted molar refractivity (Wildman–Crippen MR) is 243 cm³/mol. The molecule has 0 aromatic heterocycles. The van der Waals surface area contributed by atoms with Crippen molar-refractivity contribution < 1.29 is 59.0 Å². The minimum Gasteiger partial charge on any atom is -0.460 e. The monoisotopic (exact) mass is 898 g/mol. The SMILES string of the molecule is C/C1=C\[C@@H](C)C(=O)C[C@@H]([C@H](C)C[C@@H]2CC[C@@H](O)[C@H](CO)C2)OC(=O)[C@@H]2CCCCN2C(=O)C(=O)[C@]2(O)O[C@@H](CC[C@H]2C)C[C@H](C)/C(C)=C/C=C/C=C/[C@@H](C)C[C@@H](C)C(=O)[C@H](CO)[C@@H]1O. The lowest BCUT2D eigenvalue weighted by Crippen LogP contribution is -2.60. The molecule has 0 aromatic carbocycles. The predicted octanol–water partition coefficient (Wildman–Crippen LogP) is 5.99. The van der Waals surface area contributed by atoms with Crippen molar-refractivity contribution in [2.45, 2.75) is 169 Å². The number of Topliss-reactive ketones (excluding diaryl/α,β-unsaturated/α-hetero) is 3. The maximum Gasteiger partial charge on any atom is 0.329 e. The summed E-state index contributed by atoms with van der Waals surface area (Å²) in [7, 11) is 0. The van der Waals surface area contributed by atoms with Crippen LogP contribution in [0.25, 0.3) is 0 Å². The normalized spacial score (nSPS) is 40.9. The summed E-state index contributed by atoms with van der Waals surface area (Å²) < 4.78 is 12.4. The topological polar surface area (TPSA) is 208 Å². The highest BCUT2D eigenvalue weighted by Crippen LogP contribution is 2.38. The van der Waals surface area contributed by atoms with Gasteiger partial charge in [0.05, 0.1) is 30.8 Å². The average molecular weight is 898 g/mol. The van der Waals surface area contributed by atoms with E-state index in [9.17, 15) is 49.5 Å². The third-order valence-corrected chi connectivity index (χ3v) is 14.8. The van der Waals surface area contributed by atoms with Crippen molar-refractivity contribution in [2.24, 2.45) is 53.3 Å². The largest absolute Gasteiger partial charge is 0.460 e. The van der Waals surface area contributed by atoms with Gasteiger partial charge < -0.3 is 39.9 Å². The van der Waals surface area contributed by atoms with Crippen LogP contribution in [0.15, 0.2) is 47.6 Å². The van der Waals surface area contributed by atoms with Crippen molar-refractivity contribution in [1.29, 1.82) is 0 Å². The molecular weight excluding hydrogens is 819 g/mol. The summed E-state index contributed by atoms with van der Waals surface area (Å²) in [5, 5.41) is 53.9. The molecule has 13 heteroatoms. The van der Waals surface area contributed by atoms with Crippen LogP contribution in [0.3, 0.4) is 0 Å². The summed E-state index contributed by atoms with van der Waals surface area (Å²) >= 11 is 0. The van der Waals surface area contributed by atoms with Gasteiger partial charge in [-0.05, 0) is 114 Å². The molecule has 0 aromatic rings. The molecule has 360 valence electrons. The van der Waals surface area contributed by atoms with Crippen molar-refractivity contribution in [2.75, 3.05) is 19.8 Å². The highest BCUT2D eigenvalue weighted by atomic mass is 16.6. The zero-order chi connectivity index (χ0) is 47.5. The Labute approximate surface area is 381 Å². The van der Waals surface area contributed by atoms with E-state index in [2.05, 4.69) is 0 Å². The molecule has 3 aliphatic heterocycles. The van der Waals surface area contributed by atoms with Gasteiger partial charge in [-0.25, -0.2) is 4.79 Å². The van der Waals surface area contributed by atoms with Gasteiger partial charge in [-0.2, -0.15) is 0 Å². The van der Waals surface area contributed by atoms with Crippen LogP contribution in [0.1, 0.15) is 132 Å². The minimum atomic E-state index is -2.38. The number of ether oxygens (including phenoxy) is 2. The number of nitrogens with zero attached hydrogens (tertiary/aromatic N) is 1. The number of amides is 1. The van der Waals surface area contributed by atoms with Gasteiger partial charge in [-0.15, -0.1) is 0 Å². The third-order valence-electron chi connectivity index (χ3n) is 14.8. The Morgan fingerprint density at radius 1 is 0.828 bits per heavy atom. The standard InChI is InChI=1S/C51H79NO12/c1-30-14-10-9-11-15-31(2)32(3)25-40-19-17-37(8)51(62,64-40)48(59)49(60)52-21-13-12-16-42(52)50(61)63-45(34(5)24-38-18-20-43(55)39(26-38)28-53)27-44(56)33(4)23-36(7)47(58)41(29-54)46(57)35(6)22-30/h9-11,14-15,23,30,32-35,37-43,45,47,53-55,58,62H,12-13,16-22,24-29H2,1-8H3/b11-9+,14-10+,31-15+,36-23+/t30-,32+,33-,34-,35-,37-,38+,39+,40+,41+,42+,43-,45+,47-,51-/m1/s1. The molecule has 1 amide bonds. The molecule has 13 nitrogen and oxygen atoms in total. The molecule has 4 aliphatic rings. The molecule has 0 radical (unpaired) electrons. The number of aliphatic hydroxyl groups excluding tert-OH is 4. The number of piperidine rings is 1. The van der Waals surface area contributed by atoms with Crippen LogP contribution in [0, 0.1) is 53.3 Å². The number of fused-ring (bicyclic) bond motifs is 3. The number of rotatable bonds is 5. The van der Waals surface area contributed by atoms with E-state index in [-0.39, 0.29) is 67.1 Å². The lowest BCUT2D eigenvalue weighted by Gasteiger charge is -2.42. The molecule has 4 rings (SSSR count). The van der Waals surface area contributed by atoms with Gasteiger partial charge in [0.1, 0.15) is 23.7 Å². The Morgan fingerprint density at radius 3 is 2.23 bits per heavy atom. The van der Waals surface area contributed by atoms with E-state index in [0.29, 0.717) is 69.8 Å². The summed E-state index contributed by atoms with van der Waals surface area (Å²) in [5.74, 6) is -9.41. The van der Waals surface area contributed by atoms with Crippen LogP contribution in [0.5, 0.6) is 0 Å². The van der Waals surface area contributed by atoms with E-state index in [0.717, 1.165) is 5.57 Å². The fraction of sp³-hybridized carbons (Fsp3) is 0.745. The molecular formula is C51H79NO12. The highest BCUT2D eigenvalue weighted by molar-refractivity contribution is 6.39.